The first-order chi connectivity index (χ1) is 9.17. The van der Waals surface area contributed by atoms with Gasteiger partial charge in [0.2, 0.25) is 5.88 Å². The van der Waals surface area contributed by atoms with E-state index in [2.05, 4.69) is 25.9 Å². The molecule has 6 heteroatoms. The summed E-state index contributed by atoms with van der Waals surface area (Å²) < 4.78 is 11.2. The summed E-state index contributed by atoms with van der Waals surface area (Å²) in [5, 5.41) is 10.4. The Labute approximate surface area is 119 Å². The molecule has 1 aromatic carbocycles. The van der Waals surface area contributed by atoms with E-state index in [1.807, 2.05) is 6.07 Å². The van der Waals surface area contributed by atoms with Crippen LogP contribution in [0.2, 0.25) is 0 Å². The maximum Gasteiger partial charge on any atom is 0.238 e. The van der Waals surface area contributed by atoms with Crippen LogP contribution < -0.4 is 9.47 Å². The number of halogens is 1. The largest absolute Gasteiger partial charge is 0.496 e. The first-order valence-electron chi connectivity index (χ1n) is 5.53. The summed E-state index contributed by atoms with van der Waals surface area (Å²) in [5.41, 5.74) is 0.954. The molecule has 0 bridgehead atoms. The minimum Gasteiger partial charge on any atom is -0.496 e. The van der Waals surface area contributed by atoms with Crippen LogP contribution in [0.4, 0.5) is 0 Å². The SMILES string of the molecule is COc1cc(Br)ccc1C(O)c1nccnc1OC. The molecule has 2 aromatic rings. The fourth-order valence-electron chi connectivity index (χ4n) is 1.74. The topological polar surface area (TPSA) is 64.5 Å². The van der Waals surface area contributed by atoms with Gasteiger partial charge in [-0.25, -0.2) is 4.98 Å². The van der Waals surface area contributed by atoms with Gasteiger partial charge in [0.25, 0.3) is 0 Å². The van der Waals surface area contributed by atoms with Crippen LogP contribution in [0.3, 0.4) is 0 Å². The first kappa shape index (κ1) is 13.8. The molecule has 19 heavy (non-hydrogen) atoms. The van der Waals surface area contributed by atoms with Crippen molar-refractivity contribution < 1.29 is 14.6 Å². The summed E-state index contributed by atoms with van der Waals surface area (Å²) in [6.07, 6.45) is 2.05. The maximum atomic E-state index is 10.4. The Morgan fingerprint density at radius 1 is 1.16 bits per heavy atom. The number of aromatic nitrogens is 2. The van der Waals surface area contributed by atoms with E-state index in [0.29, 0.717) is 22.9 Å². The number of aliphatic hydroxyl groups is 1. The number of nitrogens with zero attached hydrogens (tertiary/aromatic N) is 2. The number of benzene rings is 1. The second-order valence-electron chi connectivity index (χ2n) is 3.74. The summed E-state index contributed by atoms with van der Waals surface area (Å²) in [6, 6.07) is 5.37. The zero-order valence-electron chi connectivity index (χ0n) is 10.5. The van der Waals surface area contributed by atoms with Gasteiger partial charge in [0.05, 0.1) is 14.2 Å². The van der Waals surface area contributed by atoms with Crippen LogP contribution in [0.1, 0.15) is 17.4 Å². The summed E-state index contributed by atoms with van der Waals surface area (Å²) in [4.78, 5) is 8.14. The molecule has 0 radical (unpaired) electrons. The van der Waals surface area contributed by atoms with Gasteiger partial charge in [-0.05, 0) is 12.1 Å². The fraction of sp³-hybridized carbons (Fsp3) is 0.231. The first-order valence-corrected chi connectivity index (χ1v) is 6.33. The van der Waals surface area contributed by atoms with Gasteiger partial charge in [-0.2, -0.15) is 0 Å². The quantitative estimate of drug-likeness (QED) is 0.935. The minimum absolute atomic E-state index is 0.292. The van der Waals surface area contributed by atoms with Crippen molar-refractivity contribution in [1.82, 2.24) is 9.97 Å². The minimum atomic E-state index is -0.966. The third-order valence-corrected chi connectivity index (χ3v) is 3.13. The van der Waals surface area contributed by atoms with Crippen LogP contribution in [-0.4, -0.2) is 29.3 Å². The molecule has 100 valence electrons. The van der Waals surface area contributed by atoms with Crippen molar-refractivity contribution >= 4 is 15.9 Å². The molecule has 1 N–H and O–H groups in total. The van der Waals surface area contributed by atoms with Gasteiger partial charge in [-0.3, -0.25) is 4.98 Å². The smallest absolute Gasteiger partial charge is 0.238 e. The highest BCUT2D eigenvalue weighted by Gasteiger charge is 2.21. The lowest BCUT2D eigenvalue weighted by Crippen LogP contribution is -2.07. The zero-order valence-corrected chi connectivity index (χ0v) is 12.1. The van der Waals surface area contributed by atoms with Crippen LogP contribution >= 0.6 is 15.9 Å². The maximum absolute atomic E-state index is 10.4. The molecule has 0 fully saturated rings. The van der Waals surface area contributed by atoms with Crippen molar-refractivity contribution in [2.24, 2.45) is 0 Å². The Morgan fingerprint density at radius 2 is 1.89 bits per heavy atom. The molecular weight excluding hydrogens is 312 g/mol. The van der Waals surface area contributed by atoms with Gasteiger partial charge in [0, 0.05) is 22.4 Å². The van der Waals surface area contributed by atoms with Crippen LogP contribution in [0.25, 0.3) is 0 Å². The molecule has 0 saturated heterocycles. The predicted molar refractivity (Wildman–Crippen MR) is 73.3 cm³/mol. The molecule has 0 saturated carbocycles. The molecular formula is C13H13BrN2O3. The third-order valence-electron chi connectivity index (χ3n) is 2.63. The Hall–Kier alpha value is -1.66. The zero-order chi connectivity index (χ0) is 13.8. The normalized spacial score (nSPS) is 12.0. The summed E-state index contributed by atoms with van der Waals surface area (Å²) in [7, 11) is 3.03. The van der Waals surface area contributed by atoms with E-state index in [0.717, 1.165) is 4.47 Å². The van der Waals surface area contributed by atoms with Crippen LogP contribution in [0.5, 0.6) is 11.6 Å². The van der Waals surface area contributed by atoms with Gasteiger partial charge >= 0.3 is 0 Å². The van der Waals surface area contributed by atoms with E-state index in [4.69, 9.17) is 9.47 Å². The third kappa shape index (κ3) is 2.85. The molecule has 0 spiro atoms. The Morgan fingerprint density at radius 3 is 2.58 bits per heavy atom. The Bertz CT molecular complexity index is 578. The standard InChI is InChI=1S/C13H13BrN2O3/c1-18-10-7-8(14)3-4-9(10)12(17)11-13(19-2)16-6-5-15-11/h3-7,12,17H,1-2H3. The number of methoxy groups -OCH3 is 2. The van der Waals surface area contributed by atoms with Crippen LogP contribution in [0.15, 0.2) is 35.1 Å². The van der Waals surface area contributed by atoms with Gasteiger partial charge < -0.3 is 14.6 Å². The molecule has 1 heterocycles. The van der Waals surface area contributed by atoms with E-state index < -0.39 is 6.10 Å². The summed E-state index contributed by atoms with van der Waals surface area (Å²) >= 11 is 3.36. The number of ether oxygens (including phenoxy) is 2. The van der Waals surface area contributed by atoms with Crippen molar-refractivity contribution in [3.05, 3.63) is 46.3 Å². The highest BCUT2D eigenvalue weighted by atomic mass is 79.9. The van der Waals surface area contributed by atoms with Gasteiger partial charge in [-0.15, -0.1) is 0 Å². The van der Waals surface area contributed by atoms with Crippen molar-refractivity contribution in [2.45, 2.75) is 6.10 Å². The van der Waals surface area contributed by atoms with Crippen LogP contribution in [0, 0.1) is 0 Å². The molecule has 5 nitrogen and oxygen atoms in total. The Balaban J connectivity index is 2.46. The van der Waals surface area contributed by atoms with Crippen molar-refractivity contribution in [1.29, 1.82) is 0 Å². The average molecular weight is 325 g/mol. The van der Waals surface area contributed by atoms with Crippen molar-refractivity contribution in [3.8, 4) is 11.6 Å². The number of hydrogen-bond acceptors (Lipinski definition) is 5. The van der Waals surface area contributed by atoms with Crippen molar-refractivity contribution in [2.75, 3.05) is 14.2 Å². The molecule has 0 aliphatic rings. The number of aliphatic hydroxyl groups excluding tert-OH is 1. The molecule has 2 rings (SSSR count). The van der Waals surface area contributed by atoms with Gasteiger partial charge in [0.15, 0.2) is 0 Å². The van der Waals surface area contributed by atoms with E-state index in [9.17, 15) is 5.11 Å². The molecule has 1 unspecified atom stereocenters. The average Bonchev–Trinajstić information content (AvgIpc) is 2.46. The summed E-state index contributed by atoms with van der Waals surface area (Å²) in [6.45, 7) is 0. The molecule has 0 aliphatic heterocycles. The van der Waals surface area contributed by atoms with Gasteiger partial charge in [0.1, 0.15) is 17.5 Å². The monoisotopic (exact) mass is 324 g/mol. The van der Waals surface area contributed by atoms with Crippen LogP contribution in [-0.2, 0) is 0 Å². The summed E-state index contributed by atoms with van der Waals surface area (Å²) in [5.74, 6) is 0.856. The number of hydrogen-bond donors (Lipinski definition) is 1. The highest BCUT2D eigenvalue weighted by Crippen LogP contribution is 2.33. The van der Waals surface area contributed by atoms with Gasteiger partial charge in [-0.1, -0.05) is 22.0 Å². The van der Waals surface area contributed by atoms with E-state index in [1.165, 1.54) is 19.5 Å². The molecule has 1 aromatic heterocycles. The molecule has 1 atom stereocenters. The Kier molecular flexibility index (Phi) is 4.34. The lowest BCUT2D eigenvalue weighted by Gasteiger charge is -2.16. The lowest BCUT2D eigenvalue weighted by atomic mass is 10.1. The lowest BCUT2D eigenvalue weighted by molar-refractivity contribution is 0.202. The second-order valence-corrected chi connectivity index (χ2v) is 4.66. The fourth-order valence-corrected chi connectivity index (χ4v) is 2.08. The van der Waals surface area contributed by atoms with Crippen molar-refractivity contribution in [3.63, 3.8) is 0 Å². The second kappa shape index (κ2) is 5.99. The number of rotatable bonds is 4. The predicted octanol–water partition coefficient (Wildman–Crippen LogP) is 2.34. The van der Waals surface area contributed by atoms with E-state index in [1.54, 1.807) is 19.2 Å². The molecule has 0 aliphatic carbocycles. The molecule has 0 amide bonds. The van der Waals surface area contributed by atoms with E-state index in [-0.39, 0.29) is 0 Å². The highest BCUT2D eigenvalue weighted by molar-refractivity contribution is 9.10. The van der Waals surface area contributed by atoms with E-state index >= 15 is 0 Å².